The number of ether oxygens (including phenoxy) is 2. The van der Waals surface area contributed by atoms with E-state index in [0.717, 1.165) is 72.3 Å². The first kappa shape index (κ1) is 33.7. The normalized spacial score (nSPS) is 20.6. The Morgan fingerprint density at radius 1 is 0.980 bits per heavy atom. The molecule has 2 aliphatic heterocycles. The van der Waals surface area contributed by atoms with Gasteiger partial charge >= 0.3 is 0 Å². The molecule has 13 nitrogen and oxygen atoms in total. The molecule has 3 aliphatic rings. The van der Waals surface area contributed by atoms with Gasteiger partial charge in [-0.25, -0.2) is 14.6 Å². The van der Waals surface area contributed by atoms with E-state index in [1.54, 1.807) is 27.6 Å². The van der Waals surface area contributed by atoms with Crippen molar-refractivity contribution in [2.24, 2.45) is 5.92 Å². The lowest BCUT2D eigenvalue weighted by Crippen LogP contribution is -2.57. The van der Waals surface area contributed by atoms with E-state index in [9.17, 15) is 9.59 Å². The fourth-order valence-electron chi connectivity index (χ4n) is 8.26. The first-order chi connectivity index (χ1) is 24.4. The Labute approximate surface area is 293 Å². The maximum atomic E-state index is 14.0. The Morgan fingerprint density at radius 3 is 2.44 bits per heavy atom. The van der Waals surface area contributed by atoms with E-state index in [1.807, 2.05) is 34.0 Å². The number of aromatic nitrogens is 5. The molecule has 0 atom stereocenters. The monoisotopic (exact) mass is 681 g/mol. The lowest BCUT2D eigenvalue weighted by molar-refractivity contribution is -0.143. The number of hydrogen-bond acceptors (Lipinski definition) is 10. The third kappa shape index (κ3) is 6.12. The van der Waals surface area contributed by atoms with Crippen molar-refractivity contribution in [1.29, 1.82) is 0 Å². The third-order valence-electron chi connectivity index (χ3n) is 10.9. The van der Waals surface area contributed by atoms with Crippen LogP contribution in [0, 0.1) is 5.92 Å². The molecule has 7 rings (SSSR count). The highest BCUT2D eigenvalue weighted by Crippen LogP contribution is 2.50. The van der Waals surface area contributed by atoms with E-state index >= 15 is 0 Å². The van der Waals surface area contributed by atoms with Gasteiger partial charge in [-0.15, -0.1) is 0 Å². The summed E-state index contributed by atoms with van der Waals surface area (Å²) in [6, 6.07) is 10.2. The number of carbonyl (C=O) groups excluding carboxylic acids is 2. The number of carbonyl (C=O) groups is 2. The maximum absolute atomic E-state index is 14.0. The molecule has 0 radical (unpaired) electrons. The molecule has 1 saturated heterocycles. The summed E-state index contributed by atoms with van der Waals surface area (Å²) < 4.78 is 13.2. The van der Waals surface area contributed by atoms with Crippen LogP contribution in [-0.4, -0.2) is 107 Å². The van der Waals surface area contributed by atoms with Crippen molar-refractivity contribution in [2.75, 3.05) is 65.4 Å². The molecule has 1 N–H and O–H groups in total. The number of benzene rings is 1. The fraction of sp³-hybridized carbons (Fsp3) is 0.514. The van der Waals surface area contributed by atoms with Gasteiger partial charge in [-0.2, -0.15) is 5.10 Å². The highest BCUT2D eigenvalue weighted by molar-refractivity contribution is 5.87. The molecule has 1 aromatic carbocycles. The van der Waals surface area contributed by atoms with Crippen LogP contribution in [0.25, 0.3) is 11.0 Å². The molecule has 2 fully saturated rings. The molecule has 1 spiro atoms. The summed E-state index contributed by atoms with van der Waals surface area (Å²) in [6.45, 7) is 6.17. The van der Waals surface area contributed by atoms with Crippen molar-refractivity contribution in [2.45, 2.75) is 57.5 Å². The summed E-state index contributed by atoms with van der Waals surface area (Å²) in [5.74, 6) is 2.42. The van der Waals surface area contributed by atoms with Gasteiger partial charge in [0.05, 0.1) is 50.1 Å². The summed E-state index contributed by atoms with van der Waals surface area (Å²) in [7, 11) is 5.10. The molecule has 0 unspecified atom stereocenters. The second kappa shape index (κ2) is 14.2. The van der Waals surface area contributed by atoms with E-state index in [-0.39, 0.29) is 24.3 Å². The number of nitrogens with one attached hydrogen (secondary N) is 1. The summed E-state index contributed by atoms with van der Waals surface area (Å²) in [5, 5.41) is 8.59. The minimum atomic E-state index is -0.478. The average Bonchev–Trinajstić information content (AvgIpc) is 3.57. The molecule has 3 aromatic heterocycles. The summed E-state index contributed by atoms with van der Waals surface area (Å²) >= 11 is 0. The molecule has 264 valence electrons. The molecular formula is C37H47N9O4. The van der Waals surface area contributed by atoms with Crippen molar-refractivity contribution in [3.05, 3.63) is 65.4 Å². The molecule has 2 amide bonds. The molecule has 5 heterocycles. The molecular weight excluding hydrogens is 634 g/mol. The van der Waals surface area contributed by atoms with Crippen LogP contribution in [0.4, 0.5) is 5.82 Å². The Bertz CT molecular complexity index is 1860. The smallest absolute Gasteiger partial charge is 0.237 e. The zero-order chi connectivity index (χ0) is 34.8. The molecule has 50 heavy (non-hydrogen) atoms. The molecule has 0 bridgehead atoms. The first-order valence-electron chi connectivity index (χ1n) is 17.7. The topological polar surface area (TPSA) is 131 Å². The molecule has 1 aliphatic carbocycles. The van der Waals surface area contributed by atoms with Crippen LogP contribution in [0.3, 0.4) is 0 Å². The van der Waals surface area contributed by atoms with Crippen molar-refractivity contribution in [3.63, 3.8) is 0 Å². The number of methoxy groups -OCH3 is 2. The number of fused-ring (bicyclic) bond motifs is 3. The summed E-state index contributed by atoms with van der Waals surface area (Å²) in [5.41, 5.74) is 4.60. The standard InChI is InChI=1S/C37H47N9O4/c1-5-27-7-6-8-28(42-27)23-46-35-29(21-41-46)34(39-24-40-35)43-15-17-44(18-16-43)36(48)25-9-12-37(13-10-25)30-20-32(50-4)31(49-3)19-26(30)11-14-45(37)33(47)22-38-2/h6-8,19-21,24-25,38H,5,9-18,22-23H2,1-4H3/t25-,37-. The zero-order valence-corrected chi connectivity index (χ0v) is 29.5. The van der Waals surface area contributed by atoms with Gasteiger partial charge in [0.1, 0.15) is 12.1 Å². The van der Waals surface area contributed by atoms with Crippen molar-refractivity contribution in [3.8, 4) is 11.5 Å². The third-order valence-corrected chi connectivity index (χ3v) is 10.9. The minimum Gasteiger partial charge on any atom is -0.493 e. The van der Waals surface area contributed by atoms with E-state index in [1.165, 1.54) is 5.56 Å². The van der Waals surface area contributed by atoms with Crippen LogP contribution < -0.4 is 19.7 Å². The fourth-order valence-corrected chi connectivity index (χ4v) is 8.26. The average molecular weight is 682 g/mol. The van der Waals surface area contributed by atoms with Crippen LogP contribution in [0.5, 0.6) is 11.5 Å². The Morgan fingerprint density at radius 2 is 1.72 bits per heavy atom. The molecule has 4 aromatic rings. The second-order valence-electron chi connectivity index (χ2n) is 13.5. The largest absolute Gasteiger partial charge is 0.493 e. The van der Waals surface area contributed by atoms with Gasteiger partial charge in [-0.1, -0.05) is 13.0 Å². The lowest BCUT2D eigenvalue weighted by atomic mass is 9.68. The van der Waals surface area contributed by atoms with Gasteiger partial charge in [0.2, 0.25) is 11.8 Å². The zero-order valence-electron chi connectivity index (χ0n) is 29.5. The number of likely N-dealkylation sites (N-methyl/N-ethyl adjacent to an activating group) is 1. The van der Waals surface area contributed by atoms with Crippen molar-refractivity contribution < 1.29 is 19.1 Å². The van der Waals surface area contributed by atoms with Crippen molar-refractivity contribution in [1.82, 2.24) is 39.8 Å². The number of nitrogens with zero attached hydrogens (tertiary/aromatic N) is 8. The maximum Gasteiger partial charge on any atom is 0.237 e. The van der Waals surface area contributed by atoms with Gasteiger partial charge in [0.15, 0.2) is 17.1 Å². The van der Waals surface area contributed by atoms with Crippen LogP contribution in [0.1, 0.15) is 55.1 Å². The lowest BCUT2D eigenvalue weighted by Gasteiger charge is -2.52. The van der Waals surface area contributed by atoms with Crippen LogP contribution in [0.15, 0.2) is 42.9 Å². The van der Waals surface area contributed by atoms with E-state index in [4.69, 9.17) is 14.5 Å². The molecule has 1 saturated carbocycles. The number of pyridine rings is 1. The van der Waals surface area contributed by atoms with Gasteiger partial charge in [-0.05, 0) is 81.0 Å². The minimum absolute atomic E-state index is 0.0808. The van der Waals surface area contributed by atoms with Gasteiger partial charge < -0.3 is 29.5 Å². The quantitative estimate of drug-likeness (QED) is 0.281. The second-order valence-corrected chi connectivity index (χ2v) is 13.5. The number of hydrogen-bond donors (Lipinski definition) is 1. The Hall–Kier alpha value is -4.78. The Kier molecular flexibility index (Phi) is 9.58. The van der Waals surface area contributed by atoms with E-state index < -0.39 is 5.54 Å². The van der Waals surface area contributed by atoms with Crippen LogP contribution in [-0.2, 0) is 34.5 Å². The van der Waals surface area contributed by atoms with E-state index in [0.29, 0.717) is 50.8 Å². The predicted octanol–water partition coefficient (Wildman–Crippen LogP) is 3.19. The van der Waals surface area contributed by atoms with Crippen LogP contribution in [0.2, 0.25) is 0 Å². The predicted molar refractivity (Wildman–Crippen MR) is 189 cm³/mol. The summed E-state index contributed by atoms with van der Waals surface area (Å²) in [6.07, 6.45) is 7.96. The number of piperazine rings is 1. The number of rotatable bonds is 9. The van der Waals surface area contributed by atoms with Crippen molar-refractivity contribution >= 4 is 28.7 Å². The SMILES string of the molecule is CCc1cccc(Cn2ncc3c(N4CCN(C(=O)[C@H]5CC[C@]6(CC5)c5cc(OC)c(OC)cc5CCN6C(=O)CNC)CC4)ncnc32)n1. The van der Waals surface area contributed by atoms with Crippen LogP contribution >= 0.6 is 0 Å². The highest BCUT2D eigenvalue weighted by Gasteiger charge is 2.48. The summed E-state index contributed by atoms with van der Waals surface area (Å²) in [4.78, 5) is 47.7. The Balaban J connectivity index is 1.03. The number of amides is 2. The highest BCUT2D eigenvalue weighted by atomic mass is 16.5. The van der Waals surface area contributed by atoms with E-state index in [2.05, 4.69) is 49.2 Å². The van der Waals surface area contributed by atoms with Gasteiger partial charge in [-0.3, -0.25) is 14.6 Å². The number of aryl methyl sites for hydroxylation is 1. The first-order valence-corrected chi connectivity index (χ1v) is 17.7. The van der Waals surface area contributed by atoms with Gasteiger partial charge in [0, 0.05) is 44.3 Å². The van der Waals surface area contributed by atoms with Gasteiger partial charge in [0.25, 0.3) is 0 Å². The molecule has 13 heteroatoms. The number of anilines is 1.